The van der Waals surface area contributed by atoms with Crippen LogP contribution in [0.4, 0.5) is 0 Å². The van der Waals surface area contributed by atoms with Crippen LogP contribution in [0.2, 0.25) is 0 Å². The smallest absolute Gasteiger partial charge is 0.119 e. The predicted octanol–water partition coefficient (Wildman–Crippen LogP) is 3.45. The lowest BCUT2D eigenvalue weighted by atomic mass is 10.3. The summed E-state index contributed by atoms with van der Waals surface area (Å²) in [6, 6.07) is 9.90. The Bertz CT molecular complexity index is 362. The number of rotatable bonds is 4. The molecule has 0 saturated carbocycles. The molecule has 0 saturated heterocycles. The number of halogens is 1. The summed E-state index contributed by atoms with van der Waals surface area (Å²) in [5.41, 5.74) is 0.513. The topological polar surface area (TPSA) is 36.2 Å². The van der Waals surface area contributed by atoms with Crippen LogP contribution < -0.4 is 0 Å². The number of hydrogen-bond acceptors (Lipinski definition) is 3. The minimum Gasteiger partial charge on any atom is -0.308 e. The molecular formula is C11H13ClN2S. The molecule has 1 N–H and O–H groups in total. The molecule has 0 bridgehead atoms. The third kappa shape index (κ3) is 3.68. The largest absolute Gasteiger partial charge is 0.308 e. The van der Waals surface area contributed by atoms with Crippen molar-refractivity contribution in [2.45, 2.75) is 17.1 Å². The molecule has 0 spiro atoms. The lowest BCUT2D eigenvalue weighted by molar-refractivity contribution is 1.35. The standard InChI is InChI=1S/C11H13ClN2S/c1-8(13)10(11(12)14-2)15-9-6-4-3-5-7-9/h3-7,10,13H,1-2H3. The highest BCUT2D eigenvalue weighted by atomic mass is 35.5. The van der Waals surface area contributed by atoms with Crippen molar-refractivity contribution in [1.29, 1.82) is 5.41 Å². The first-order valence-corrected chi connectivity index (χ1v) is 5.80. The second kappa shape index (κ2) is 5.93. The SMILES string of the molecule is CN=C(Cl)C(Sc1ccccc1)C(C)=N. The molecular weight excluding hydrogens is 228 g/mol. The zero-order chi connectivity index (χ0) is 11.3. The second-order valence-electron chi connectivity index (χ2n) is 3.04. The maximum atomic E-state index is 7.65. The van der Waals surface area contributed by atoms with Crippen LogP contribution in [0.25, 0.3) is 0 Å². The van der Waals surface area contributed by atoms with E-state index in [1.54, 1.807) is 25.7 Å². The van der Waals surface area contributed by atoms with Gasteiger partial charge in [-0.25, -0.2) is 0 Å². The van der Waals surface area contributed by atoms with E-state index < -0.39 is 0 Å². The lowest BCUT2D eigenvalue weighted by Crippen LogP contribution is -2.20. The average Bonchev–Trinajstić information content (AvgIpc) is 2.26. The van der Waals surface area contributed by atoms with Gasteiger partial charge in [0.05, 0.1) is 5.25 Å². The zero-order valence-corrected chi connectivity index (χ0v) is 10.3. The van der Waals surface area contributed by atoms with E-state index in [1.165, 1.54) is 0 Å². The molecule has 0 amide bonds. The molecule has 0 aliphatic rings. The van der Waals surface area contributed by atoms with Gasteiger partial charge in [0.25, 0.3) is 0 Å². The number of thioether (sulfide) groups is 1. The van der Waals surface area contributed by atoms with Crippen LogP contribution in [0, 0.1) is 5.41 Å². The summed E-state index contributed by atoms with van der Waals surface area (Å²) in [6.07, 6.45) is 0. The van der Waals surface area contributed by atoms with E-state index in [2.05, 4.69) is 4.99 Å². The lowest BCUT2D eigenvalue weighted by Gasteiger charge is -2.13. The molecule has 80 valence electrons. The van der Waals surface area contributed by atoms with Crippen LogP contribution >= 0.6 is 23.4 Å². The molecule has 1 rings (SSSR count). The van der Waals surface area contributed by atoms with Crippen LogP contribution in [0.3, 0.4) is 0 Å². The van der Waals surface area contributed by atoms with Crippen LogP contribution in [0.1, 0.15) is 6.92 Å². The highest BCUT2D eigenvalue weighted by Crippen LogP contribution is 2.25. The molecule has 1 aromatic carbocycles. The van der Waals surface area contributed by atoms with Crippen LogP contribution in [-0.4, -0.2) is 23.2 Å². The van der Waals surface area contributed by atoms with Crippen LogP contribution in [-0.2, 0) is 0 Å². The number of hydrogen-bond donors (Lipinski definition) is 1. The molecule has 1 unspecified atom stereocenters. The van der Waals surface area contributed by atoms with Crippen molar-refractivity contribution in [3.05, 3.63) is 30.3 Å². The fourth-order valence-electron chi connectivity index (χ4n) is 1.07. The Labute approximate surface area is 99.3 Å². The minimum absolute atomic E-state index is 0.168. The van der Waals surface area contributed by atoms with Gasteiger partial charge in [0.2, 0.25) is 0 Å². The van der Waals surface area contributed by atoms with E-state index in [0.29, 0.717) is 10.9 Å². The Morgan fingerprint density at radius 2 is 2.00 bits per heavy atom. The van der Waals surface area contributed by atoms with Gasteiger partial charge in [0.1, 0.15) is 5.17 Å². The molecule has 0 fully saturated rings. The van der Waals surface area contributed by atoms with Gasteiger partial charge in [0, 0.05) is 17.7 Å². The Kier molecular flexibility index (Phi) is 4.85. The highest BCUT2D eigenvalue weighted by Gasteiger charge is 2.17. The summed E-state index contributed by atoms with van der Waals surface area (Å²) < 4.78 is 0. The normalized spacial score (nSPS) is 13.7. The maximum absolute atomic E-state index is 7.65. The van der Waals surface area contributed by atoms with Crippen molar-refractivity contribution in [3.63, 3.8) is 0 Å². The van der Waals surface area contributed by atoms with Gasteiger partial charge in [-0.1, -0.05) is 29.8 Å². The van der Waals surface area contributed by atoms with E-state index in [4.69, 9.17) is 17.0 Å². The average molecular weight is 241 g/mol. The van der Waals surface area contributed by atoms with Gasteiger partial charge in [-0.2, -0.15) is 0 Å². The number of nitrogens with one attached hydrogen (secondary N) is 1. The van der Waals surface area contributed by atoms with Gasteiger partial charge in [-0.15, -0.1) is 11.8 Å². The first-order valence-electron chi connectivity index (χ1n) is 4.54. The molecule has 0 radical (unpaired) electrons. The molecule has 15 heavy (non-hydrogen) atoms. The molecule has 1 aromatic rings. The van der Waals surface area contributed by atoms with Crippen molar-refractivity contribution >= 4 is 34.2 Å². The Balaban J connectivity index is 2.81. The van der Waals surface area contributed by atoms with Gasteiger partial charge < -0.3 is 5.41 Å². The fraction of sp³-hybridized carbons (Fsp3) is 0.273. The second-order valence-corrected chi connectivity index (χ2v) is 4.61. The summed E-state index contributed by atoms with van der Waals surface area (Å²) in [7, 11) is 1.64. The summed E-state index contributed by atoms with van der Waals surface area (Å²) in [5.74, 6) is 0. The van der Waals surface area contributed by atoms with Crippen molar-refractivity contribution in [2.75, 3.05) is 7.05 Å². The Morgan fingerprint density at radius 3 is 2.47 bits per heavy atom. The molecule has 0 aliphatic heterocycles. The van der Waals surface area contributed by atoms with Crippen LogP contribution in [0.5, 0.6) is 0 Å². The van der Waals surface area contributed by atoms with Gasteiger partial charge >= 0.3 is 0 Å². The number of aliphatic imine (C=N–C) groups is 1. The quantitative estimate of drug-likeness (QED) is 0.635. The summed E-state index contributed by atoms with van der Waals surface area (Å²) in [5, 5.41) is 7.95. The molecule has 4 heteroatoms. The van der Waals surface area contributed by atoms with Crippen molar-refractivity contribution in [2.24, 2.45) is 4.99 Å². The number of nitrogens with zero attached hydrogens (tertiary/aromatic N) is 1. The van der Waals surface area contributed by atoms with E-state index in [-0.39, 0.29) is 5.25 Å². The van der Waals surface area contributed by atoms with E-state index in [9.17, 15) is 0 Å². The first kappa shape index (κ1) is 12.3. The summed E-state index contributed by atoms with van der Waals surface area (Å²) in [4.78, 5) is 5.02. The van der Waals surface area contributed by atoms with Crippen molar-refractivity contribution in [3.8, 4) is 0 Å². The minimum atomic E-state index is -0.168. The summed E-state index contributed by atoms with van der Waals surface area (Å²) in [6.45, 7) is 1.74. The van der Waals surface area contributed by atoms with Crippen LogP contribution in [0.15, 0.2) is 40.2 Å². The fourth-order valence-corrected chi connectivity index (χ4v) is 2.33. The van der Waals surface area contributed by atoms with Crippen molar-refractivity contribution < 1.29 is 0 Å². The molecule has 0 aliphatic carbocycles. The van der Waals surface area contributed by atoms with E-state index >= 15 is 0 Å². The third-order valence-electron chi connectivity index (χ3n) is 1.82. The Morgan fingerprint density at radius 1 is 1.40 bits per heavy atom. The Hall–Kier alpha value is -0.800. The van der Waals surface area contributed by atoms with Crippen molar-refractivity contribution in [1.82, 2.24) is 0 Å². The van der Waals surface area contributed by atoms with Gasteiger partial charge in [-0.3, -0.25) is 4.99 Å². The molecule has 2 nitrogen and oxygen atoms in total. The van der Waals surface area contributed by atoms with E-state index in [0.717, 1.165) is 4.90 Å². The summed E-state index contributed by atoms with van der Waals surface area (Å²) >= 11 is 7.51. The monoisotopic (exact) mass is 240 g/mol. The van der Waals surface area contributed by atoms with E-state index in [1.807, 2.05) is 30.3 Å². The maximum Gasteiger partial charge on any atom is 0.119 e. The molecule has 0 aromatic heterocycles. The highest BCUT2D eigenvalue weighted by molar-refractivity contribution is 8.01. The third-order valence-corrected chi connectivity index (χ3v) is 3.69. The van der Waals surface area contributed by atoms with Gasteiger partial charge in [-0.05, 0) is 19.1 Å². The number of benzene rings is 1. The molecule has 1 atom stereocenters. The first-order chi connectivity index (χ1) is 7.15. The van der Waals surface area contributed by atoms with Gasteiger partial charge in [0.15, 0.2) is 0 Å². The zero-order valence-electron chi connectivity index (χ0n) is 8.70. The predicted molar refractivity (Wildman–Crippen MR) is 68.7 cm³/mol. The molecule has 0 heterocycles.